The highest BCUT2D eigenvalue weighted by molar-refractivity contribution is 7.99. The van der Waals surface area contributed by atoms with E-state index in [1.807, 2.05) is 19.1 Å². The topological polar surface area (TPSA) is 47.6 Å². The number of methoxy groups -OCH3 is 2. The first-order chi connectivity index (χ1) is 11.5. The minimum absolute atomic E-state index is 0.0250. The van der Waals surface area contributed by atoms with Gasteiger partial charge in [0.15, 0.2) is 11.5 Å². The summed E-state index contributed by atoms with van der Waals surface area (Å²) in [6.07, 6.45) is 0. The Labute approximate surface area is 147 Å². The quantitative estimate of drug-likeness (QED) is 0.817. The summed E-state index contributed by atoms with van der Waals surface area (Å²) in [5.41, 5.74) is 4.15. The molecule has 0 saturated carbocycles. The predicted molar refractivity (Wildman–Crippen MR) is 100 cm³/mol. The van der Waals surface area contributed by atoms with Crippen molar-refractivity contribution in [1.82, 2.24) is 0 Å². The van der Waals surface area contributed by atoms with Crippen molar-refractivity contribution in [3.8, 4) is 11.5 Å². The Morgan fingerprint density at radius 1 is 1.08 bits per heavy atom. The molecular weight excluding hydrogens is 322 g/mol. The Hall–Kier alpha value is -2.14. The van der Waals surface area contributed by atoms with E-state index in [9.17, 15) is 4.79 Å². The van der Waals surface area contributed by atoms with Gasteiger partial charge in [-0.2, -0.15) is 0 Å². The highest BCUT2D eigenvalue weighted by atomic mass is 32.2. The second-order valence-electron chi connectivity index (χ2n) is 5.55. The van der Waals surface area contributed by atoms with E-state index in [2.05, 4.69) is 30.4 Å². The number of anilines is 1. The van der Waals surface area contributed by atoms with Gasteiger partial charge in [0.05, 0.1) is 20.0 Å². The lowest BCUT2D eigenvalue weighted by Crippen LogP contribution is -2.15. The van der Waals surface area contributed by atoms with Crippen molar-refractivity contribution in [3.05, 3.63) is 53.1 Å². The second kappa shape index (κ2) is 8.64. The maximum atomic E-state index is 12.2. The third-order valence-corrected chi connectivity index (χ3v) is 4.59. The smallest absolute Gasteiger partial charge is 0.234 e. The van der Waals surface area contributed by atoms with E-state index in [4.69, 9.17) is 9.47 Å². The largest absolute Gasteiger partial charge is 0.493 e. The molecule has 1 N–H and O–H groups in total. The first-order valence-electron chi connectivity index (χ1n) is 7.69. The van der Waals surface area contributed by atoms with Crippen LogP contribution in [-0.4, -0.2) is 25.9 Å². The van der Waals surface area contributed by atoms with Crippen LogP contribution in [0.25, 0.3) is 0 Å². The van der Waals surface area contributed by atoms with Gasteiger partial charge in [0, 0.05) is 17.5 Å². The fourth-order valence-electron chi connectivity index (χ4n) is 2.37. The molecule has 0 fully saturated rings. The monoisotopic (exact) mass is 345 g/mol. The lowest BCUT2D eigenvalue weighted by atomic mass is 10.1. The maximum Gasteiger partial charge on any atom is 0.234 e. The second-order valence-corrected chi connectivity index (χ2v) is 6.54. The lowest BCUT2D eigenvalue weighted by Gasteiger charge is -2.13. The number of carbonyl (C=O) groups is 1. The molecule has 0 aliphatic heterocycles. The molecule has 0 unspecified atom stereocenters. The van der Waals surface area contributed by atoms with Gasteiger partial charge >= 0.3 is 0 Å². The SMILES string of the molecule is COc1cc(C)c(NC(=O)CSCc2cccc(C)c2)cc1OC. The molecule has 4 nitrogen and oxygen atoms in total. The molecule has 5 heteroatoms. The van der Waals surface area contributed by atoms with Crippen molar-refractivity contribution in [1.29, 1.82) is 0 Å². The van der Waals surface area contributed by atoms with Crippen LogP contribution in [-0.2, 0) is 10.5 Å². The van der Waals surface area contributed by atoms with Crippen LogP contribution >= 0.6 is 11.8 Å². The standard InChI is InChI=1S/C19H23NO3S/c1-13-6-5-7-15(8-13)11-24-12-19(21)20-16-10-18(23-4)17(22-3)9-14(16)2/h5-10H,11-12H2,1-4H3,(H,20,21). The zero-order valence-electron chi connectivity index (χ0n) is 14.5. The number of hydrogen-bond donors (Lipinski definition) is 1. The van der Waals surface area contributed by atoms with Crippen LogP contribution in [0.4, 0.5) is 5.69 Å². The summed E-state index contributed by atoms with van der Waals surface area (Å²) in [4.78, 5) is 12.2. The first kappa shape index (κ1) is 18.2. The van der Waals surface area contributed by atoms with Crippen molar-refractivity contribution >= 4 is 23.4 Å². The lowest BCUT2D eigenvalue weighted by molar-refractivity contribution is -0.113. The molecular formula is C19H23NO3S. The molecule has 1 amide bonds. The number of hydrogen-bond acceptors (Lipinski definition) is 4. The van der Waals surface area contributed by atoms with Crippen molar-refractivity contribution in [3.63, 3.8) is 0 Å². The van der Waals surface area contributed by atoms with Crippen molar-refractivity contribution in [2.75, 3.05) is 25.3 Å². The van der Waals surface area contributed by atoms with E-state index < -0.39 is 0 Å². The third kappa shape index (κ3) is 4.93. The van der Waals surface area contributed by atoms with E-state index in [1.54, 1.807) is 32.0 Å². The number of amides is 1. The molecule has 128 valence electrons. The zero-order valence-corrected chi connectivity index (χ0v) is 15.3. The van der Waals surface area contributed by atoms with Crippen molar-refractivity contribution in [2.24, 2.45) is 0 Å². The molecule has 0 atom stereocenters. The van der Waals surface area contributed by atoms with Crippen LogP contribution in [0.5, 0.6) is 11.5 Å². The Morgan fingerprint density at radius 2 is 1.79 bits per heavy atom. The van der Waals surface area contributed by atoms with Crippen LogP contribution in [0.15, 0.2) is 36.4 Å². The van der Waals surface area contributed by atoms with E-state index in [1.165, 1.54) is 11.1 Å². The number of thioether (sulfide) groups is 1. The van der Waals surface area contributed by atoms with Gasteiger partial charge in [0.1, 0.15) is 0 Å². The fourth-order valence-corrected chi connectivity index (χ4v) is 3.14. The average molecular weight is 345 g/mol. The molecule has 2 rings (SSSR count). The van der Waals surface area contributed by atoms with Gasteiger partial charge in [-0.1, -0.05) is 29.8 Å². The molecule has 0 bridgehead atoms. The number of ether oxygens (including phenoxy) is 2. The van der Waals surface area contributed by atoms with Gasteiger partial charge < -0.3 is 14.8 Å². The van der Waals surface area contributed by atoms with E-state index in [-0.39, 0.29) is 5.91 Å². The maximum absolute atomic E-state index is 12.2. The molecule has 0 aliphatic carbocycles. The van der Waals surface area contributed by atoms with Gasteiger partial charge in [0.2, 0.25) is 5.91 Å². The van der Waals surface area contributed by atoms with Crippen molar-refractivity contribution < 1.29 is 14.3 Å². The fraction of sp³-hybridized carbons (Fsp3) is 0.316. The molecule has 0 aliphatic rings. The van der Waals surface area contributed by atoms with E-state index in [0.717, 1.165) is 17.0 Å². The van der Waals surface area contributed by atoms with Gasteiger partial charge in [-0.15, -0.1) is 11.8 Å². The Morgan fingerprint density at radius 3 is 2.46 bits per heavy atom. The van der Waals surface area contributed by atoms with Crippen LogP contribution in [0.3, 0.4) is 0 Å². The summed E-state index contributed by atoms with van der Waals surface area (Å²) in [5, 5.41) is 2.94. The summed E-state index contributed by atoms with van der Waals surface area (Å²) in [6, 6.07) is 12.0. The van der Waals surface area contributed by atoms with E-state index >= 15 is 0 Å². The molecule has 0 saturated heterocycles. The number of benzene rings is 2. The molecule has 24 heavy (non-hydrogen) atoms. The minimum Gasteiger partial charge on any atom is -0.493 e. The van der Waals surface area contributed by atoms with E-state index in [0.29, 0.717) is 17.3 Å². The molecule has 0 heterocycles. The normalized spacial score (nSPS) is 10.3. The third-order valence-electron chi connectivity index (χ3n) is 3.59. The molecule has 2 aromatic carbocycles. The number of carbonyl (C=O) groups excluding carboxylic acids is 1. The molecule has 0 aromatic heterocycles. The summed E-state index contributed by atoms with van der Waals surface area (Å²) in [5.74, 6) is 2.46. The molecule has 0 spiro atoms. The number of nitrogens with one attached hydrogen (secondary N) is 1. The predicted octanol–water partition coefficient (Wildman–Crippen LogP) is 4.19. The summed E-state index contributed by atoms with van der Waals surface area (Å²) < 4.78 is 10.5. The Kier molecular flexibility index (Phi) is 6.55. The molecule has 2 aromatic rings. The van der Waals surface area contributed by atoms with Gasteiger partial charge in [-0.3, -0.25) is 4.79 Å². The number of aryl methyl sites for hydroxylation is 2. The van der Waals surface area contributed by atoms with Crippen molar-refractivity contribution in [2.45, 2.75) is 19.6 Å². The van der Waals surface area contributed by atoms with Crippen LogP contribution in [0.1, 0.15) is 16.7 Å². The summed E-state index contributed by atoms with van der Waals surface area (Å²) in [7, 11) is 3.17. The average Bonchev–Trinajstić information content (AvgIpc) is 2.56. The van der Waals surface area contributed by atoms with Crippen LogP contribution in [0.2, 0.25) is 0 Å². The van der Waals surface area contributed by atoms with Gasteiger partial charge in [0.25, 0.3) is 0 Å². The number of rotatable bonds is 7. The Bertz CT molecular complexity index is 716. The molecule has 0 radical (unpaired) electrons. The zero-order chi connectivity index (χ0) is 17.5. The van der Waals surface area contributed by atoms with Gasteiger partial charge in [-0.05, 0) is 31.0 Å². The minimum atomic E-state index is -0.0250. The Balaban J connectivity index is 1.92. The first-order valence-corrected chi connectivity index (χ1v) is 8.84. The highest BCUT2D eigenvalue weighted by Crippen LogP contribution is 2.32. The summed E-state index contributed by atoms with van der Waals surface area (Å²) >= 11 is 1.60. The van der Waals surface area contributed by atoms with Crippen LogP contribution < -0.4 is 14.8 Å². The summed E-state index contributed by atoms with van der Waals surface area (Å²) in [6.45, 7) is 4.00. The van der Waals surface area contributed by atoms with Crippen LogP contribution in [0, 0.1) is 13.8 Å². The highest BCUT2D eigenvalue weighted by Gasteiger charge is 2.11. The van der Waals surface area contributed by atoms with Gasteiger partial charge in [-0.25, -0.2) is 0 Å².